The molecule has 0 radical (unpaired) electrons. The number of amides is 1. The standard InChI is InChI=1S/C20H24N2O3/c21-18(12-14-4-2-1-3-5-14)20(25)22-10-8-15(9-11-22)17-7-6-16(23)13-19(17)24/h1-7,13,15,18,23-24H,8-12,21H2/t18-/m0/s1. The normalized spacial score (nSPS) is 16.6. The summed E-state index contributed by atoms with van der Waals surface area (Å²) in [5, 5.41) is 19.4. The van der Waals surface area contributed by atoms with Gasteiger partial charge in [-0.2, -0.15) is 0 Å². The van der Waals surface area contributed by atoms with Gasteiger partial charge in [-0.1, -0.05) is 36.4 Å². The molecule has 5 nitrogen and oxygen atoms in total. The lowest BCUT2D eigenvalue weighted by atomic mass is 9.88. The number of nitrogens with zero attached hydrogens (tertiary/aromatic N) is 1. The summed E-state index contributed by atoms with van der Waals surface area (Å²) in [4.78, 5) is 14.4. The van der Waals surface area contributed by atoms with Crippen LogP contribution in [0, 0.1) is 0 Å². The maximum absolute atomic E-state index is 12.6. The quantitative estimate of drug-likeness (QED) is 0.797. The van der Waals surface area contributed by atoms with Gasteiger partial charge >= 0.3 is 0 Å². The van der Waals surface area contributed by atoms with E-state index in [0.717, 1.165) is 24.0 Å². The zero-order valence-electron chi connectivity index (χ0n) is 14.1. The van der Waals surface area contributed by atoms with E-state index < -0.39 is 6.04 Å². The Balaban J connectivity index is 1.57. The Hall–Kier alpha value is -2.53. The van der Waals surface area contributed by atoms with Crippen molar-refractivity contribution in [2.45, 2.75) is 31.2 Å². The minimum absolute atomic E-state index is 0.0165. The van der Waals surface area contributed by atoms with Gasteiger partial charge in [0, 0.05) is 19.2 Å². The first-order valence-corrected chi connectivity index (χ1v) is 8.65. The maximum Gasteiger partial charge on any atom is 0.239 e. The van der Waals surface area contributed by atoms with Crippen LogP contribution < -0.4 is 5.73 Å². The predicted molar refractivity (Wildman–Crippen MR) is 96.4 cm³/mol. The van der Waals surface area contributed by atoms with Crippen molar-refractivity contribution >= 4 is 5.91 Å². The van der Waals surface area contributed by atoms with Gasteiger partial charge < -0.3 is 20.8 Å². The summed E-state index contributed by atoms with van der Waals surface area (Å²) in [5.74, 6) is 0.346. The van der Waals surface area contributed by atoms with Crippen LogP contribution in [0.2, 0.25) is 0 Å². The van der Waals surface area contributed by atoms with Crippen LogP contribution >= 0.6 is 0 Å². The molecule has 0 aromatic heterocycles. The largest absolute Gasteiger partial charge is 0.508 e. The summed E-state index contributed by atoms with van der Waals surface area (Å²) in [6, 6.07) is 14.0. The van der Waals surface area contributed by atoms with Crippen molar-refractivity contribution in [1.82, 2.24) is 4.90 Å². The van der Waals surface area contributed by atoms with Crippen molar-refractivity contribution in [3.8, 4) is 11.5 Å². The second-order valence-corrected chi connectivity index (χ2v) is 6.64. The Morgan fingerprint density at radius 3 is 2.44 bits per heavy atom. The molecule has 5 heteroatoms. The molecule has 1 atom stereocenters. The minimum atomic E-state index is -0.527. The number of carbonyl (C=O) groups excluding carboxylic acids is 1. The van der Waals surface area contributed by atoms with E-state index in [-0.39, 0.29) is 23.3 Å². The Morgan fingerprint density at radius 2 is 1.80 bits per heavy atom. The summed E-state index contributed by atoms with van der Waals surface area (Å²) in [6.07, 6.45) is 2.10. The molecule has 1 heterocycles. The molecule has 1 aliphatic rings. The predicted octanol–water partition coefficient (Wildman–Crippen LogP) is 2.37. The Kier molecular flexibility index (Phi) is 5.24. The van der Waals surface area contributed by atoms with Gasteiger partial charge in [0.1, 0.15) is 11.5 Å². The van der Waals surface area contributed by atoms with Gasteiger partial charge in [-0.05, 0) is 42.4 Å². The SMILES string of the molecule is N[C@@H](Cc1ccccc1)C(=O)N1CCC(c2ccc(O)cc2O)CC1. The van der Waals surface area contributed by atoms with Crippen LogP contribution in [0.5, 0.6) is 11.5 Å². The highest BCUT2D eigenvalue weighted by Crippen LogP contribution is 2.35. The van der Waals surface area contributed by atoms with Crippen LogP contribution in [-0.2, 0) is 11.2 Å². The number of nitrogens with two attached hydrogens (primary N) is 1. The van der Waals surface area contributed by atoms with Crippen molar-refractivity contribution in [3.63, 3.8) is 0 Å². The molecule has 1 fully saturated rings. The zero-order valence-corrected chi connectivity index (χ0v) is 14.1. The number of carbonyl (C=O) groups is 1. The summed E-state index contributed by atoms with van der Waals surface area (Å²) < 4.78 is 0. The number of piperidine rings is 1. The molecule has 2 aromatic rings. The molecule has 0 saturated carbocycles. The minimum Gasteiger partial charge on any atom is -0.508 e. The number of phenolic OH excluding ortho intramolecular Hbond substituents is 2. The van der Waals surface area contributed by atoms with Crippen LogP contribution in [0.3, 0.4) is 0 Å². The first-order chi connectivity index (χ1) is 12.0. The molecule has 0 unspecified atom stereocenters. The molecular formula is C20H24N2O3. The van der Waals surface area contributed by atoms with Gasteiger partial charge in [0.05, 0.1) is 6.04 Å². The number of hydrogen-bond donors (Lipinski definition) is 3. The van der Waals surface area contributed by atoms with Gasteiger partial charge in [-0.25, -0.2) is 0 Å². The number of rotatable bonds is 4. The maximum atomic E-state index is 12.6. The van der Waals surface area contributed by atoms with Crippen molar-refractivity contribution in [3.05, 3.63) is 59.7 Å². The fraction of sp³-hybridized carbons (Fsp3) is 0.350. The lowest BCUT2D eigenvalue weighted by Crippen LogP contribution is -2.47. The molecule has 132 valence electrons. The van der Waals surface area contributed by atoms with Gasteiger partial charge in [0.15, 0.2) is 0 Å². The van der Waals surface area contributed by atoms with Crippen LogP contribution in [0.25, 0.3) is 0 Å². The smallest absolute Gasteiger partial charge is 0.239 e. The van der Waals surface area contributed by atoms with Crippen LogP contribution in [0.1, 0.15) is 29.9 Å². The topological polar surface area (TPSA) is 86.8 Å². The van der Waals surface area contributed by atoms with E-state index in [9.17, 15) is 15.0 Å². The van der Waals surface area contributed by atoms with Crippen molar-refractivity contribution in [2.75, 3.05) is 13.1 Å². The van der Waals surface area contributed by atoms with Gasteiger partial charge in [0.2, 0.25) is 5.91 Å². The molecule has 1 amide bonds. The third-order valence-electron chi connectivity index (χ3n) is 4.88. The van der Waals surface area contributed by atoms with Gasteiger partial charge in [0.25, 0.3) is 0 Å². The fourth-order valence-electron chi connectivity index (χ4n) is 3.48. The monoisotopic (exact) mass is 340 g/mol. The average molecular weight is 340 g/mol. The lowest BCUT2D eigenvalue weighted by molar-refractivity contribution is -0.133. The molecule has 0 spiro atoms. The Bertz CT molecular complexity index is 725. The molecule has 2 aromatic carbocycles. The van der Waals surface area contributed by atoms with Crippen LogP contribution in [0.15, 0.2) is 48.5 Å². The van der Waals surface area contributed by atoms with E-state index in [1.54, 1.807) is 12.1 Å². The van der Waals surface area contributed by atoms with E-state index in [2.05, 4.69) is 0 Å². The van der Waals surface area contributed by atoms with Crippen molar-refractivity contribution < 1.29 is 15.0 Å². The highest BCUT2D eigenvalue weighted by Gasteiger charge is 2.28. The number of aromatic hydroxyl groups is 2. The molecule has 0 aliphatic carbocycles. The Labute approximate surface area is 147 Å². The third-order valence-corrected chi connectivity index (χ3v) is 4.88. The van der Waals surface area contributed by atoms with E-state index >= 15 is 0 Å². The third kappa shape index (κ3) is 4.12. The first-order valence-electron chi connectivity index (χ1n) is 8.65. The number of phenols is 2. The highest BCUT2D eigenvalue weighted by molar-refractivity contribution is 5.82. The lowest BCUT2D eigenvalue weighted by Gasteiger charge is -2.34. The molecule has 0 bridgehead atoms. The van der Waals surface area contributed by atoms with Crippen molar-refractivity contribution in [1.29, 1.82) is 0 Å². The summed E-state index contributed by atoms with van der Waals surface area (Å²) in [5.41, 5.74) is 8.00. The van der Waals surface area contributed by atoms with Crippen LogP contribution in [0.4, 0.5) is 0 Å². The summed E-state index contributed by atoms with van der Waals surface area (Å²) in [6.45, 7) is 1.26. The van der Waals surface area contributed by atoms with E-state index in [1.807, 2.05) is 35.2 Å². The fourth-order valence-corrected chi connectivity index (χ4v) is 3.48. The number of hydrogen-bond acceptors (Lipinski definition) is 4. The molecule has 3 rings (SSSR count). The molecule has 25 heavy (non-hydrogen) atoms. The molecule has 1 saturated heterocycles. The molecular weight excluding hydrogens is 316 g/mol. The summed E-state index contributed by atoms with van der Waals surface area (Å²) >= 11 is 0. The molecule has 4 N–H and O–H groups in total. The summed E-state index contributed by atoms with van der Waals surface area (Å²) in [7, 11) is 0. The second kappa shape index (κ2) is 7.57. The number of benzene rings is 2. The zero-order chi connectivity index (χ0) is 17.8. The van der Waals surface area contributed by atoms with Crippen molar-refractivity contribution in [2.24, 2.45) is 5.73 Å². The van der Waals surface area contributed by atoms with Crippen LogP contribution in [-0.4, -0.2) is 40.2 Å². The van der Waals surface area contributed by atoms with Gasteiger partial charge in [-0.15, -0.1) is 0 Å². The Morgan fingerprint density at radius 1 is 1.12 bits per heavy atom. The van der Waals surface area contributed by atoms with E-state index in [4.69, 9.17) is 5.73 Å². The average Bonchev–Trinajstić information content (AvgIpc) is 2.62. The second-order valence-electron chi connectivity index (χ2n) is 6.64. The van der Waals surface area contributed by atoms with Gasteiger partial charge in [-0.3, -0.25) is 4.79 Å². The highest BCUT2D eigenvalue weighted by atomic mass is 16.3. The molecule has 1 aliphatic heterocycles. The number of likely N-dealkylation sites (tertiary alicyclic amines) is 1. The van der Waals surface area contributed by atoms with E-state index in [1.165, 1.54) is 6.07 Å². The first kappa shape index (κ1) is 17.3. The van der Waals surface area contributed by atoms with E-state index in [0.29, 0.717) is 19.5 Å².